The van der Waals surface area contributed by atoms with Crippen molar-refractivity contribution in [2.75, 3.05) is 0 Å². The van der Waals surface area contributed by atoms with Crippen LogP contribution in [0.15, 0.2) is 36.8 Å². The number of fused-ring (bicyclic) bond motifs is 1. The van der Waals surface area contributed by atoms with E-state index in [-0.39, 0.29) is 0 Å². The van der Waals surface area contributed by atoms with Crippen molar-refractivity contribution in [3.8, 4) is 17.2 Å². The van der Waals surface area contributed by atoms with Gasteiger partial charge in [-0.25, -0.2) is 9.97 Å². The monoisotopic (exact) mass is 260 g/mol. The molecule has 0 N–H and O–H groups in total. The summed E-state index contributed by atoms with van der Waals surface area (Å²) in [6.45, 7) is 3.91. The average molecular weight is 260 g/mol. The van der Waals surface area contributed by atoms with Crippen LogP contribution in [0.1, 0.15) is 17.0 Å². The van der Waals surface area contributed by atoms with Gasteiger partial charge < -0.3 is 0 Å². The molecule has 0 saturated carbocycles. The van der Waals surface area contributed by atoms with E-state index < -0.39 is 0 Å². The lowest BCUT2D eigenvalue weighted by Gasteiger charge is -2.08. The summed E-state index contributed by atoms with van der Waals surface area (Å²) in [5.41, 5.74) is 4.90. The highest BCUT2D eigenvalue weighted by atomic mass is 14.8. The van der Waals surface area contributed by atoms with Gasteiger partial charge in [-0.05, 0) is 25.5 Å². The summed E-state index contributed by atoms with van der Waals surface area (Å²) >= 11 is 0. The van der Waals surface area contributed by atoms with Gasteiger partial charge in [0.15, 0.2) is 5.69 Å². The van der Waals surface area contributed by atoms with E-state index in [4.69, 9.17) is 0 Å². The predicted octanol–water partition coefficient (Wildman–Crippen LogP) is 3.18. The number of para-hydroxylation sites is 1. The van der Waals surface area contributed by atoms with Crippen LogP contribution in [0, 0.1) is 25.2 Å². The second-order valence-electron chi connectivity index (χ2n) is 4.67. The highest BCUT2D eigenvalue weighted by Gasteiger charge is 2.11. The molecule has 0 bridgehead atoms. The zero-order chi connectivity index (χ0) is 14.1. The molecule has 0 aliphatic carbocycles. The van der Waals surface area contributed by atoms with E-state index in [2.05, 4.69) is 21.0 Å². The smallest absolute Gasteiger partial charge is 0.151 e. The van der Waals surface area contributed by atoms with Crippen molar-refractivity contribution in [2.45, 2.75) is 13.8 Å². The first-order valence-electron chi connectivity index (χ1n) is 6.28. The van der Waals surface area contributed by atoms with Crippen LogP contribution in [0.2, 0.25) is 0 Å². The van der Waals surface area contributed by atoms with Crippen LogP contribution in [0.25, 0.3) is 22.0 Å². The lowest BCUT2D eigenvalue weighted by atomic mass is 10.0. The van der Waals surface area contributed by atoms with E-state index in [1.165, 1.54) is 6.33 Å². The Bertz CT molecular complexity index is 847. The largest absolute Gasteiger partial charge is 0.255 e. The molecule has 0 saturated heterocycles. The van der Waals surface area contributed by atoms with Gasteiger partial charge in [0.05, 0.1) is 5.52 Å². The van der Waals surface area contributed by atoms with Crippen molar-refractivity contribution < 1.29 is 0 Å². The van der Waals surface area contributed by atoms with Crippen LogP contribution < -0.4 is 0 Å². The van der Waals surface area contributed by atoms with Gasteiger partial charge in [0.2, 0.25) is 0 Å². The molecular formula is C16H12N4. The molecular weight excluding hydrogens is 248 g/mol. The maximum atomic E-state index is 9.20. The Labute approximate surface area is 116 Å². The summed E-state index contributed by atoms with van der Waals surface area (Å²) in [5.74, 6) is 0. The number of benzene rings is 1. The number of hydrogen-bond acceptors (Lipinski definition) is 4. The van der Waals surface area contributed by atoms with Crippen molar-refractivity contribution in [3.63, 3.8) is 0 Å². The van der Waals surface area contributed by atoms with Gasteiger partial charge in [-0.2, -0.15) is 5.26 Å². The van der Waals surface area contributed by atoms with Crippen molar-refractivity contribution in [1.82, 2.24) is 15.0 Å². The molecule has 20 heavy (non-hydrogen) atoms. The normalized spacial score (nSPS) is 10.4. The molecule has 2 aromatic heterocycles. The summed E-state index contributed by atoms with van der Waals surface area (Å²) < 4.78 is 0. The van der Waals surface area contributed by atoms with Crippen LogP contribution in [0.3, 0.4) is 0 Å². The van der Waals surface area contributed by atoms with Gasteiger partial charge in [0.25, 0.3) is 0 Å². The molecule has 4 heteroatoms. The third-order valence-corrected chi connectivity index (χ3v) is 3.34. The fraction of sp³-hybridized carbons (Fsp3) is 0.125. The van der Waals surface area contributed by atoms with E-state index in [0.29, 0.717) is 5.69 Å². The molecule has 96 valence electrons. The van der Waals surface area contributed by atoms with Crippen LogP contribution in [0.4, 0.5) is 0 Å². The minimum atomic E-state index is 0.381. The summed E-state index contributed by atoms with van der Waals surface area (Å²) in [6.07, 6.45) is 3.19. The fourth-order valence-electron chi connectivity index (χ4n) is 2.35. The van der Waals surface area contributed by atoms with Crippen molar-refractivity contribution >= 4 is 10.9 Å². The van der Waals surface area contributed by atoms with Gasteiger partial charge in [0.1, 0.15) is 12.4 Å². The fourth-order valence-corrected chi connectivity index (χ4v) is 2.35. The number of rotatable bonds is 1. The second kappa shape index (κ2) is 4.71. The van der Waals surface area contributed by atoms with Gasteiger partial charge in [-0.15, -0.1) is 0 Å². The average Bonchev–Trinajstić information content (AvgIpc) is 2.47. The summed E-state index contributed by atoms with van der Waals surface area (Å²) in [5, 5.41) is 10.3. The van der Waals surface area contributed by atoms with Crippen LogP contribution in [-0.4, -0.2) is 15.0 Å². The molecule has 3 rings (SSSR count). The summed E-state index contributed by atoms with van der Waals surface area (Å²) in [7, 11) is 0. The number of aryl methyl sites for hydroxylation is 2. The number of aromatic nitrogens is 3. The Morgan fingerprint density at radius 3 is 2.75 bits per heavy atom. The third kappa shape index (κ3) is 1.90. The predicted molar refractivity (Wildman–Crippen MR) is 77.0 cm³/mol. The van der Waals surface area contributed by atoms with Crippen molar-refractivity contribution in [1.29, 1.82) is 5.26 Å². The molecule has 0 aliphatic heterocycles. The van der Waals surface area contributed by atoms with Crippen molar-refractivity contribution in [3.05, 3.63) is 53.7 Å². The molecule has 1 aromatic carbocycles. The molecule has 0 atom stereocenters. The van der Waals surface area contributed by atoms with E-state index in [9.17, 15) is 5.26 Å². The Kier molecular flexibility index (Phi) is 2.88. The topological polar surface area (TPSA) is 62.5 Å². The molecule has 0 spiro atoms. The SMILES string of the molecule is Cc1ncnc(C#N)c1-c1cnc2c(C)cccc2c1. The first-order chi connectivity index (χ1) is 9.70. The maximum absolute atomic E-state index is 9.20. The Balaban J connectivity index is 2.29. The standard InChI is InChI=1S/C16H12N4/c1-10-4-3-5-12-6-13(8-18-16(10)12)15-11(2)19-9-20-14(15)7-17/h3-6,8-9H,1-2H3. The molecule has 0 fully saturated rings. The second-order valence-corrected chi connectivity index (χ2v) is 4.67. The minimum absolute atomic E-state index is 0.381. The number of hydrogen-bond donors (Lipinski definition) is 0. The molecule has 4 nitrogen and oxygen atoms in total. The Morgan fingerprint density at radius 1 is 1.10 bits per heavy atom. The van der Waals surface area contributed by atoms with Crippen molar-refractivity contribution in [2.24, 2.45) is 0 Å². The molecule has 2 heterocycles. The number of nitrogens with zero attached hydrogens (tertiary/aromatic N) is 4. The number of pyridine rings is 1. The van der Waals surface area contributed by atoms with Crippen LogP contribution in [-0.2, 0) is 0 Å². The van der Waals surface area contributed by atoms with Crippen LogP contribution in [0.5, 0.6) is 0 Å². The summed E-state index contributed by atoms with van der Waals surface area (Å²) in [6, 6.07) is 10.2. The Hall–Kier alpha value is -2.80. The zero-order valence-electron chi connectivity index (χ0n) is 11.3. The molecule has 0 radical (unpaired) electrons. The van der Waals surface area contributed by atoms with E-state index >= 15 is 0 Å². The highest BCUT2D eigenvalue weighted by molar-refractivity contribution is 5.86. The lowest BCUT2D eigenvalue weighted by molar-refractivity contribution is 1.08. The molecule has 3 aromatic rings. The van der Waals surface area contributed by atoms with Gasteiger partial charge >= 0.3 is 0 Å². The highest BCUT2D eigenvalue weighted by Crippen LogP contribution is 2.27. The molecule has 0 aliphatic rings. The summed E-state index contributed by atoms with van der Waals surface area (Å²) in [4.78, 5) is 12.7. The van der Waals surface area contributed by atoms with Gasteiger partial charge in [-0.3, -0.25) is 4.98 Å². The Morgan fingerprint density at radius 2 is 1.95 bits per heavy atom. The van der Waals surface area contributed by atoms with E-state index in [1.807, 2.05) is 38.1 Å². The first-order valence-corrected chi connectivity index (χ1v) is 6.28. The number of nitriles is 1. The molecule has 0 amide bonds. The van der Waals surface area contributed by atoms with E-state index in [1.54, 1.807) is 6.20 Å². The minimum Gasteiger partial charge on any atom is -0.255 e. The van der Waals surface area contributed by atoms with Crippen LogP contribution >= 0.6 is 0 Å². The zero-order valence-corrected chi connectivity index (χ0v) is 11.3. The van der Waals surface area contributed by atoms with Gasteiger partial charge in [0, 0.05) is 28.4 Å². The quantitative estimate of drug-likeness (QED) is 0.674. The van der Waals surface area contributed by atoms with Gasteiger partial charge in [-0.1, -0.05) is 18.2 Å². The first kappa shape index (κ1) is 12.2. The molecule has 0 unspecified atom stereocenters. The maximum Gasteiger partial charge on any atom is 0.151 e. The third-order valence-electron chi connectivity index (χ3n) is 3.34. The lowest BCUT2D eigenvalue weighted by Crippen LogP contribution is -1.96. The van der Waals surface area contributed by atoms with E-state index in [0.717, 1.165) is 33.3 Å².